The maximum atomic E-state index is 10.8. The smallest absolute Gasteiger partial charge is 0.305 e. The summed E-state index contributed by atoms with van der Waals surface area (Å²) in [4.78, 5) is 10.8. The SMILES string of the molecule is O=C(O)CCn1nnnc1C(c1ccccc1)c1ccccc1. The van der Waals surface area contributed by atoms with E-state index in [9.17, 15) is 4.79 Å². The minimum absolute atomic E-state index is 0.0195. The number of hydrogen-bond acceptors (Lipinski definition) is 4. The molecule has 0 saturated heterocycles. The Morgan fingerprint density at radius 1 is 1.00 bits per heavy atom. The molecule has 0 bridgehead atoms. The van der Waals surface area contributed by atoms with Crippen molar-refractivity contribution in [1.29, 1.82) is 0 Å². The molecule has 116 valence electrons. The largest absolute Gasteiger partial charge is 0.481 e. The summed E-state index contributed by atoms with van der Waals surface area (Å²) in [5.41, 5.74) is 2.12. The number of aryl methyl sites for hydroxylation is 1. The van der Waals surface area contributed by atoms with Crippen molar-refractivity contribution >= 4 is 5.97 Å². The minimum atomic E-state index is -0.873. The summed E-state index contributed by atoms with van der Waals surface area (Å²) < 4.78 is 1.57. The monoisotopic (exact) mass is 308 g/mol. The molecule has 0 saturated carbocycles. The first-order chi connectivity index (χ1) is 11.3. The molecule has 0 aliphatic rings. The van der Waals surface area contributed by atoms with Gasteiger partial charge in [-0.05, 0) is 21.6 Å². The van der Waals surface area contributed by atoms with Crippen LogP contribution in [0.3, 0.4) is 0 Å². The van der Waals surface area contributed by atoms with Crippen LogP contribution >= 0.6 is 0 Å². The molecule has 1 heterocycles. The van der Waals surface area contributed by atoms with Gasteiger partial charge in [0.2, 0.25) is 0 Å². The standard InChI is InChI=1S/C17H16N4O2/c22-15(23)11-12-21-17(18-19-20-21)16(13-7-3-1-4-8-13)14-9-5-2-6-10-14/h1-10,16H,11-12H2,(H,22,23). The highest BCUT2D eigenvalue weighted by molar-refractivity contribution is 5.66. The Hall–Kier alpha value is -3.02. The molecule has 0 fully saturated rings. The second-order valence-corrected chi connectivity index (χ2v) is 5.16. The molecular weight excluding hydrogens is 292 g/mol. The van der Waals surface area contributed by atoms with Gasteiger partial charge in [0.1, 0.15) is 0 Å². The number of nitrogens with zero attached hydrogens (tertiary/aromatic N) is 4. The highest BCUT2D eigenvalue weighted by Gasteiger charge is 2.23. The first kappa shape index (κ1) is 14.9. The predicted molar refractivity (Wildman–Crippen MR) is 83.9 cm³/mol. The van der Waals surface area contributed by atoms with Gasteiger partial charge in [-0.1, -0.05) is 60.7 Å². The van der Waals surface area contributed by atoms with Crippen molar-refractivity contribution in [2.24, 2.45) is 0 Å². The van der Waals surface area contributed by atoms with Crippen molar-refractivity contribution < 1.29 is 9.90 Å². The molecule has 3 aromatic rings. The van der Waals surface area contributed by atoms with E-state index >= 15 is 0 Å². The number of carboxylic acids is 1. The molecular formula is C17H16N4O2. The van der Waals surface area contributed by atoms with Crippen molar-refractivity contribution in [2.45, 2.75) is 18.9 Å². The average Bonchev–Trinajstić information content (AvgIpc) is 3.03. The molecule has 6 heteroatoms. The second kappa shape index (κ2) is 6.83. The Kier molecular flexibility index (Phi) is 4.42. The van der Waals surface area contributed by atoms with Gasteiger partial charge < -0.3 is 5.11 Å². The Labute approximate surface area is 133 Å². The van der Waals surface area contributed by atoms with Crippen LogP contribution in [-0.2, 0) is 11.3 Å². The third kappa shape index (κ3) is 3.42. The number of rotatable bonds is 6. The lowest BCUT2D eigenvalue weighted by Gasteiger charge is -2.17. The van der Waals surface area contributed by atoms with Crippen molar-refractivity contribution in [3.8, 4) is 0 Å². The summed E-state index contributed by atoms with van der Waals surface area (Å²) >= 11 is 0. The molecule has 6 nitrogen and oxygen atoms in total. The number of aromatic nitrogens is 4. The summed E-state index contributed by atoms with van der Waals surface area (Å²) in [5, 5.41) is 20.7. The van der Waals surface area contributed by atoms with Crippen LogP contribution in [0.4, 0.5) is 0 Å². The highest BCUT2D eigenvalue weighted by Crippen LogP contribution is 2.29. The maximum absolute atomic E-state index is 10.8. The summed E-state index contributed by atoms with van der Waals surface area (Å²) in [6.07, 6.45) is -0.0195. The molecule has 0 aliphatic heterocycles. The summed E-state index contributed by atoms with van der Waals surface area (Å²) in [6, 6.07) is 19.9. The van der Waals surface area contributed by atoms with E-state index in [1.807, 2.05) is 60.7 Å². The van der Waals surface area contributed by atoms with E-state index in [0.717, 1.165) is 11.1 Å². The number of carbonyl (C=O) groups is 1. The van der Waals surface area contributed by atoms with E-state index < -0.39 is 5.97 Å². The lowest BCUT2D eigenvalue weighted by Crippen LogP contribution is -2.15. The molecule has 0 aliphatic carbocycles. The van der Waals surface area contributed by atoms with E-state index in [2.05, 4.69) is 15.5 Å². The third-order valence-electron chi connectivity index (χ3n) is 3.62. The van der Waals surface area contributed by atoms with Crippen molar-refractivity contribution in [1.82, 2.24) is 20.2 Å². The highest BCUT2D eigenvalue weighted by atomic mass is 16.4. The zero-order chi connectivity index (χ0) is 16.1. The summed E-state index contributed by atoms with van der Waals surface area (Å²) in [6.45, 7) is 0.244. The van der Waals surface area contributed by atoms with E-state index in [0.29, 0.717) is 5.82 Å². The van der Waals surface area contributed by atoms with Gasteiger partial charge in [0.05, 0.1) is 18.9 Å². The molecule has 0 radical (unpaired) electrons. The zero-order valence-corrected chi connectivity index (χ0v) is 12.4. The van der Waals surface area contributed by atoms with E-state index in [1.165, 1.54) is 0 Å². The van der Waals surface area contributed by atoms with Crippen molar-refractivity contribution in [2.75, 3.05) is 0 Å². The molecule has 0 spiro atoms. The summed E-state index contributed by atoms with van der Waals surface area (Å²) in [7, 11) is 0. The van der Waals surface area contributed by atoms with Crippen LogP contribution in [-0.4, -0.2) is 31.3 Å². The maximum Gasteiger partial charge on any atom is 0.305 e. The number of aliphatic carboxylic acids is 1. The van der Waals surface area contributed by atoms with Gasteiger partial charge in [0.25, 0.3) is 0 Å². The molecule has 1 N–H and O–H groups in total. The summed E-state index contributed by atoms with van der Waals surface area (Å²) in [5.74, 6) is -0.368. The van der Waals surface area contributed by atoms with Crippen LogP contribution < -0.4 is 0 Å². The Morgan fingerprint density at radius 3 is 2.09 bits per heavy atom. The fraction of sp³-hybridized carbons (Fsp3) is 0.176. The first-order valence-corrected chi connectivity index (χ1v) is 7.33. The van der Waals surface area contributed by atoms with Gasteiger partial charge in [0.15, 0.2) is 5.82 Å². The molecule has 0 amide bonds. The van der Waals surface area contributed by atoms with E-state index in [-0.39, 0.29) is 18.9 Å². The van der Waals surface area contributed by atoms with Gasteiger partial charge in [0, 0.05) is 0 Å². The molecule has 23 heavy (non-hydrogen) atoms. The molecule has 0 unspecified atom stereocenters. The number of benzene rings is 2. The lowest BCUT2D eigenvalue weighted by atomic mass is 9.90. The Morgan fingerprint density at radius 2 is 1.57 bits per heavy atom. The van der Waals surface area contributed by atoms with Crippen LogP contribution in [0.2, 0.25) is 0 Å². The average molecular weight is 308 g/mol. The van der Waals surface area contributed by atoms with Gasteiger partial charge >= 0.3 is 5.97 Å². The quantitative estimate of drug-likeness (QED) is 0.756. The predicted octanol–water partition coefficient (Wildman–Crippen LogP) is 2.33. The van der Waals surface area contributed by atoms with E-state index in [1.54, 1.807) is 4.68 Å². The molecule has 1 aromatic heterocycles. The number of hydrogen-bond donors (Lipinski definition) is 1. The second-order valence-electron chi connectivity index (χ2n) is 5.16. The van der Waals surface area contributed by atoms with Crippen LogP contribution in [0.25, 0.3) is 0 Å². The normalized spacial score (nSPS) is 10.8. The first-order valence-electron chi connectivity index (χ1n) is 7.33. The van der Waals surface area contributed by atoms with Gasteiger partial charge in [-0.2, -0.15) is 0 Å². The number of tetrazole rings is 1. The molecule has 2 aromatic carbocycles. The minimum Gasteiger partial charge on any atom is -0.481 e. The van der Waals surface area contributed by atoms with Gasteiger partial charge in [-0.3, -0.25) is 4.79 Å². The fourth-order valence-corrected chi connectivity index (χ4v) is 2.56. The van der Waals surface area contributed by atoms with Crippen molar-refractivity contribution in [3.05, 3.63) is 77.6 Å². The zero-order valence-electron chi connectivity index (χ0n) is 12.4. The topological polar surface area (TPSA) is 80.9 Å². The van der Waals surface area contributed by atoms with Crippen LogP contribution in [0.15, 0.2) is 60.7 Å². The van der Waals surface area contributed by atoms with Crippen LogP contribution in [0.1, 0.15) is 29.3 Å². The fourth-order valence-electron chi connectivity index (χ4n) is 2.56. The Balaban J connectivity index is 2.03. The van der Waals surface area contributed by atoms with Crippen LogP contribution in [0, 0.1) is 0 Å². The Bertz CT molecular complexity index is 732. The molecule has 3 rings (SSSR count). The van der Waals surface area contributed by atoms with Gasteiger partial charge in [-0.15, -0.1) is 5.10 Å². The van der Waals surface area contributed by atoms with E-state index in [4.69, 9.17) is 5.11 Å². The third-order valence-corrected chi connectivity index (χ3v) is 3.62. The van der Waals surface area contributed by atoms with Gasteiger partial charge in [-0.25, -0.2) is 4.68 Å². The number of carboxylic acid groups (broad SMARTS) is 1. The lowest BCUT2D eigenvalue weighted by molar-refractivity contribution is -0.137. The van der Waals surface area contributed by atoms with Crippen molar-refractivity contribution in [3.63, 3.8) is 0 Å². The van der Waals surface area contributed by atoms with Crippen LogP contribution in [0.5, 0.6) is 0 Å². The molecule has 0 atom stereocenters.